The van der Waals surface area contributed by atoms with Gasteiger partial charge in [-0.3, -0.25) is 4.79 Å². The number of aryl methyl sites for hydroxylation is 1. The van der Waals surface area contributed by atoms with E-state index in [0.29, 0.717) is 24.3 Å². The molecule has 0 saturated heterocycles. The van der Waals surface area contributed by atoms with E-state index in [0.717, 1.165) is 22.3 Å². The number of amides is 1. The third-order valence-corrected chi connectivity index (χ3v) is 5.25. The van der Waals surface area contributed by atoms with Crippen LogP contribution in [0.4, 0.5) is 0 Å². The highest BCUT2D eigenvalue weighted by Gasteiger charge is 2.38. The molecule has 4 nitrogen and oxygen atoms in total. The summed E-state index contributed by atoms with van der Waals surface area (Å²) in [6.45, 7) is 4.64. The molecule has 1 unspecified atom stereocenters. The van der Waals surface area contributed by atoms with Gasteiger partial charge in [-0.05, 0) is 48.7 Å². The predicted molar refractivity (Wildman–Crippen MR) is 112 cm³/mol. The Hall–Kier alpha value is -3.40. The molecule has 1 aliphatic rings. The van der Waals surface area contributed by atoms with Crippen molar-refractivity contribution in [1.29, 1.82) is 0 Å². The molecule has 29 heavy (non-hydrogen) atoms. The van der Waals surface area contributed by atoms with Crippen molar-refractivity contribution in [3.05, 3.63) is 106 Å². The van der Waals surface area contributed by atoms with Crippen molar-refractivity contribution in [1.82, 2.24) is 4.90 Å². The minimum atomic E-state index is -0.369. The van der Waals surface area contributed by atoms with Gasteiger partial charge in [-0.2, -0.15) is 0 Å². The van der Waals surface area contributed by atoms with Crippen LogP contribution < -0.4 is 0 Å². The van der Waals surface area contributed by atoms with Crippen LogP contribution in [0.25, 0.3) is 0 Å². The number of rotatable bonds is 5. The lowest BCUT2D eigenvalue weighted by atomic mass is 9.95. The van der Waals surface area contributed by atoms with Gasteiger partial charge in [0.2, 0.25) is 0 Å². The lowest BCUT2D eigenvalue weighted by Crippen LogP contribution is -2.28. The molecule has 1 aliphatic heterocycles. The first-order valence-electron chi connectivity index (χ1n) is 9.81. The van der Waals surface area contributed by atoms with Crippen molar-refractivity contribution in [2.75, 3.05) is 6.61 Å². The van der Waals surface area contributed by atoms with E-state index in [1.165, 1.54) is 0 Å². The Bertz CT molecular complexity index is 1040. The highest BCUT2D eigenvalue weighted by molar-refractivity contribution is 6.01. The number of ether oxygens (including phenoxy) is 1. The quantitative estimate of drug-likeness (QED) is 0.586. The molecule has 4 rings (SSSR count). The summed E-state index contributed by atoms with van der Waals surface area (Å²) in [4.78, 5) is 27.4. The van der Waals surface area contributed by atoms with E-state index in [9.17, 15) is 9.59 Å². The van der Waals surface area contributed by atoms with E-state index in [1.807, 2.05) is 54.3 Å². The first-order chi connectivity index (χ1) is 14.1. The zero-order valence-corrected chi connectivity index (χ0v) is 16.6. The van der Waals surface area contributed by atoms with Gasteiger partial charge in [0.25, 0.3) is 5.91 Å². The first-order valence-corrected chi connectivity index (χ1v) is 9.81. The Morgan fingerprint density at radius 3 is 2.41 bits per heavy atom. The number of benzene rings is 3. The van der Waals surface area contributed by atoms with Gasteiger partial charge in [-0.15, -0.1) is 0 Å². The van der Waals surface area contributed by atoms with Crippen LogP contribution in [-0.4, -0.2) is 23.4 Å². The fraction of sp³-hybridized carbons (Fsp3) is 0.200. The number of hydrogen-bond donors (Lipinski definition) is 0. The standard InChI is InChI=1S/C25H23NO3/c1-3-29-25(28)20-13-14-21-22(15-20)23(19-11-9-17(2)10-12-19)26(24(21)27)16-18-7-5-4-6-8-18/h4-15,23H,3,16H2,1-2H3. The minimum Gasteiger partial charge on any atom is -0.462 e. The molecule has 0 radical (unpaired) electrons. The van der Waals surface area contributed by atoms with E-state index < -0.39 is 0 Å². The van der Waals surface area contributed by atoms with Gasteiger partial charge in [0.15, 0.2) is 0 Å². The zero-order valence-electron chi connectivity index (χ0n) is 16.6. The number of fused-ring (bicyclic) bond motifs is 1. The van der Waals surface area contributed by atoms with Crippen molar-refractivity contribution < 1.29 is 14.3 Å². The molecule has 1 heterocycles. The fourth-order valence-corrected chi connectivity index (χ4v) is 3.82. The normalized spacial score (nSPS) is 15.3. The SMILES string of the molecule is CCOC(=O)c1ccc2c(c1)C(c1ccc(C)cc1)N(Cc1ccccc1)C2=O. The van der Waals surface area contributed by atoms with Gasteiger partial charge in [-0.1, -0.05) is 60.2 Å². The summed E-state index contributed by atoms with van der Waals surface area (Å²) in [5, 5.41) is 0. The topological polar surface area (TPSA) is 46.6 Å². The Kier molecular flexibility index (Phi) is 5.17. The molecule has 0 saturated carbocycles. The summed E-state index contributed by atoms with van der Waals surface area (Å²) in [6, 6.07) is 23.1. The Morgan fingerprint density at radius 1 is 1.00 bits per heavy atom. The van der Waals surface area contributed by atoms with Gasteiger partial charge >= 0.3 is 5.97 Å². The number of esters is 1. The molecule has 0 spiro atoms. The van der Waals surface area contributed by atoms with Crippen molar-refractivity contribution >= 4 is 11.9 Å². The summed E-state index contributed by atoms with van der Waals surface area (Å²) >= 11 is 0. The summed E-state index contributed by atoms with van der Waals surface area (Å²) in [7, 11) is 0. The first kappa shape index (κ1) is 18.9. The Morgan fingerprint density at radius 2 is 1.72 bits per heavy atom. The molecular formula is C25H23NO3. The maximum Gasteiger partial charge on any atom is 0.338 e. The summed E-state index contributed by atoms with van der Waals surface area (Å²) < 4.78 is 5.16. The van der Waals surface area contributed by atoms with E-state index in [4.69, 9.17) is 4.74 Å². The van der Waals surface area contributed by atoms with Gasteiger partial charge in [0, 0.05) is 12.1 Å². The third kappa shape index (κ3) is 3.66. The van der Waals surface area contributed by atoms with Gasteiger partial charge in [-0.25, -0.2) is 4.79 Å². The number of hydrogen-bond acceptors (Lipinski definition) is 3. The lowest BCUT2D eigenvalue weighted by molar-refractivity contribution is 0.0526. The monoisotopic (exact) mass is 385 g/mol. The lowest BCUT2D eigenvalue weighted by Gasteiger charge is -2.26. The van der Waals surface area contributed by atoms with Gasteiger partial charge < -0.3 is 9.64 Å². The van der Waals surface area contributed by atoms with E-state index in [1.54, 1.807) is 25.1 Å². The van der Waals surface area contributed by atoms with Crippen molar-refractivity contribution in [2.24, 2.45) is 0 Å². The van der Waals surface area contributed by atoms with Crippen LogP contribution in [0.1, 0.15) is 55.9 Å². The maximum absolute atomic E-state index is 13.3. The minimum absolute atomic E-state index is 0.0233. The maximum atomic E-state index is 13.3. The molecule has 0 N–H and O–H groups in total. The van der Waals surface area contributed by atoms with Crippen LogP contribution in [0.5, 0.6) is 0 Å². The molecule has 0 aliphatic carbocycles. The highest BCUT2D eigenvalue weighted by atomic mass is 16.5. The smallest absolute Gasteiger partial charge is 0.338 e. The molecule has 1 atom stereocenters. The summed E-state index contributed by atoms with van der Waals surface area (Å²) in [5.41, 5.74) is 5.21. The predicted octanol–water partition coefficient (Wildman–Crippen LogP) is 4.92. The molecule has 0 bridgehead atoms. The second kappa shape index (κ2) is 7.92. The van der Waals surface area contributed by atoms with Gasteiger partial charge in [0.1, 0.15) is 0 Å². The molecule has 3 aromatic rings. The van der Waals surface area contributed by atoms with Crippen molar-refractivity contribution in [2.45, 2.75) is 26.4 Å². The second-order valence-corrected chi connectivity index (χ2v) is 7.25. The number of nitrogens with zero attached hydrogens (tertiary/aromatic N) is 1. The van der Waals surface area contributed by atoms with Gasteiger partial charge in [0.05, 0.1) is 18.2 Å². The van der Waals surface area contributed by atoms with Crippen LogP contribution in [0.2, 0.25) is 0 Å². The second-order valence-electron chi connectivity index (χ2n) is 7.25. The van der Waals surface area contributed by atoms with E-state index in [-0.39, 0.29) is 17.9 Å². The largest absolute Gasteiger partial charge is 0.462 e. The van der Waals surface area contributed by atoms with Crippen LogP contribution >= 0.6 is 0 Å². The average molecular weight is 385 g/mol. The van der Waals surface area contributed by atoms with E-state index in [2.05, 4.69) is 12.1 Å². The molecular weight excluding hydrogens is 362 g/mol. The Balaban J connectivity index is 1.79. The average Bonchev–Trinajstić information content (AvgIpc) is 3.01. The fourth-order valence-electron chi connectivity index (χ4n) is 3.82. The zero-order chi connectivity index (χ0) is 20.4. The van der Waals surface area contributed by atoms with Crippen LogP contribution in [0.15, 0.2) is 72.8 Å². The third-order valence-electron chi connectivity index (χ3n) is 5.25. The number of carbonyl (C=O) groups excluding carboxylic acids is 2. The van der Waals surface area contributed by atoms with Crippen molar-refractivity contribution in [3.63, 3.8) is 0 Å². The Labute approximate surface area is 170 Å². The molecule has 4 heteroatoms. The summed E-state index contributed by atoms with van der Waals surface area (Å²) in [5.74, 6) is -0.392. The summed E-state index contributed by atoms with van der Waals surface area (Å²) in [6.07, 6.45) is 0. The van der Waals surface area contributed by atoms with Crippen LogP contribution in [-0.2, 0) is 11.3 Å². The van der Waals surface area contributed by atoms with Crippen molar-refractivity contribution in [3.8, 4) is 0 Å². The molecule has 146 valence electrons. The number of carbonyl (C=O) groups is 2. The molecule has 0 aromatic heterocycles. The van der Waals surface area contributed by atoms with E-state index >= 15 is 0 Å². The molecule has 3 aromatic carbocycles. The van der Waals surface area contributed by atoms with Crippen LogP contribution in [0, 0.1) is 6.92 Å². The van der Waals surface area contributed by atoms with Crippen LogP contribution in [0.3, 0.4) is 0 Å². The highest BCUT2D eigenvalue weighted by Crippen LogP contribution is 2.40. The molecule has 0 fully saturated rings. The molecule has 1 amide bonds.